The van der Waals surface area contributed by atoms with Crippen molar-refractivity contribution < 1.29 is 4.79 Å². The normalized spacial score (nSPS) is 9.80. The number of hydrogen-bond acceptors (Lipinski definition) is 2. The summed E-state index contributed by atoms with van der Waals surface area (Å²) in [6.45, 7) is 5.03. The average molecular weight is 206 g/mol. The highest BCUT2D eigenvalue weighted by molar-refractivity contribution is 5.95. The highest BCUT2D eigenvalue weighted by Crippen LogP contribution is 2.14. The van der Waals surface area contributed by atoms with E-state index >= 15 is 0 Å². The van der Waals surface area contributed by atoms with Crippen LogP contribution in [0.15, 0.2) is 18.2 Å². The van der Waals surface area contributed by atoms with Gasteiger partial charge in [-0.3, -0.25) is 4.79 Å². The molecule has 3 heteroatoms. The molecule has 15 heavy (non-hydrogen) atoms. The van der Waals surface area contributed by atoms with Crippen LogP contribution in [0.4, 0.5) is 5.69 Å². The molecule has 0 saturated heterocycles. The third kappa shape index (κ3) is 2.98. The van der Waals surface area contributed by atoms with Gasteiger partial charge in [-0.25, -0.2) is 0 Å². The zero-order chi connectivity index (χ0) is 11.3. The molecule has 0 fully saturated rings. The van der Waals surface area contributed by atoms with Gasteiger partial charge in [0.25, 0.3) is 5.91 Å². The molecule has 0 aliphatic rings. The van der Waals surface area contributed by atoms with Gasteiger partial charge in [0.15, 0.2) is 0 Å². The molecule has 0 atom stereocenters. The largest absolute Gasteiger partial charge is 0.385 e. The monoisotopic (exact) mass is 206 g/mol. The topological polar surface area (TPSA) is 41.1 Å². The number of carbonyl (C=O) groups is 1. The Bertz CT molecular complexity index is 347. The molecule has 0 saturated carbocycles. The predicted molar refractivity (Wildman–Crippen MR) is 63.3 cm³/mol. The van der Waals surface area contributed by atoms with Crippen LogP contribution in [-0.4, -0.2) is 19.5 Å². The highest BCUT2D eigenvalue weighted by atomic mass is 16.1. The maximum Gasteiger partial charge on any atom is 0.251 e. The molecule has 0 aromatic heterocycles. The molecular formula is C12H18N2O. The summed E-state index contributed by atoms with van der Waals surface area (Å²) in [7, 11) is 1.64. The Morgan fingerprint density at radius 1 is 1.40 bits per heavy atom. The van der Waals surface area contributed by atoms with Crippen LogP contribution in [0.1, 0.15) is 29.3 Å². The second kappa shape index (κ2) is 5.39. The standard InChI is InChI=1S/C12H18N2O/c1-4-7-14-10-5-6-11(9(2)8-10)12(15)13-3/h5-6,8,14H,4,7H2,1-3H3,(H,13,15). The molecule has 0 aliphatic carbocycles. The first-order valence-electron chi connectivity index (χ1n) is 5.25. The van der Waals surface area contributed by atoms with E-state index in [1.165, 1.54) is 0 Å². The minimum Gasteiger partial charge on any atom is -0.385 e. The SMILES string of the molecule is CCCNc1ccc(C(=O)NC)c(C)c1. The van der Waals surface area contributed by atoms with Gasteiger partial charge in [-0.05, 0) is 37.1 Å². The first kappa shape index (κ1) is 11.6. The fraction of sp³-hybridized carbons (Fsp3) is 0.417. The minimum atomic E-state index is -0.0328. The smallest absolute Gasteiger partial charge is 0.251 e. The van der Waals surface area contributed by atoms with Gasteiger partial charge in [-0.15, -0.1) is 0 Å². The summed E-state index contributed by atoms with van der Waals surface area (Å²) >= 11 is 0. The molecule has 0 spiro atoms. The summed E-state index contributed by atoms with van der Waals surface area (Å²) in [5.41, 5.74) is 2.80. The van der Waals surface area contributed by atoms with Crippen LogP contribution in [-0.2, 0) is 0 Å². The van der Waals surface area contributed by atoms with Gasteiger partial charge in [0.05, 0.1) is 0 Å². The molecular weight excluding hydrogens is 188 g/mol. The third-order valence-electron chi connectivity index (χ3n) is 2.28. The molecule has 0 radical (unpaired) electrons. The summed E-state index contributed by atoms with van der Waals surface area (Å²) in [5.74, 6) is -0.0328. The van der Waals surface area contributed by atoms with Crippen molar-refractivity contribution in [2.24, 2.45) is 0 Å². The van der Waals surface area contributed by atoms with Crippen molar-refractivity contribution in [3.05, 3.63) is 29.3 Å². The van der Waals surface area contributed by atoms with E-state index in [1.54, 1.807) is 7.05 Å². The van der Waals surface area contributed by atoms with E-state index in [0.29, 0.717) is 0 Å². The fourth-order valence-corrected chi connectivity index (χ4v) is 1.43. The Balaban J connectivity index is 2.83. The van der Waals surface area contributed by atoms with Crippen molar-refractivity contribution in [3.8, 4) is 0 Å². The van der Waals surface area contributed by atoms with E-state index in [9.17, 15) is 4.79 Å². The Hall–Kier alpha value is -1.51. The van der Waals surface area contributed by atoms with Crippen molar-refractivity contribution in [2.45, 2.75) is 20.3 Å². The average Bonchev–Trinajstić information content (AvgIpc) is 2.25. The third-order valence-corrected chi connectivity index (χ3v) is 2.28. The molecule has 82 valence electrons. The second-order valence-electron chi connectivity index (χ2n) is 3.54. The minimum absolute atomic E-state index is 0.0328. The lowest BCUT2D eigenvalue weighted by molar-refractivity contribution is 0.0962. The number of carbonyl (C=O) groups excluding carboxylic acids is 1. The van der Waals surface area contributed by atoms with E-state index in [1.807, 2.05) is 25.1 Å². The van der Waals surface area contributed by atoms with Gasteiger partial charge in [-0.1, -0.05) is 6.92 Å². The second-order valence-corrected chi connectivity index (χ2v) is 3.54. The van der Waals surface area contributed by atoms with Crippen molar-refractivity contribution in [1.82, 2.24) is 5.32 Å². The van der Waals surface area contributed by atoms with Crippen LogP contribution in [0.3, 0.4) is 0 Å². The van der Waals surface area contributed by atoms with Gasteiger partial charge in [0.1, 0.15) is 0 Å². The van der Waals surface area contributed by atoms with Gasteiger partial charge < -0.3 is 10.6 Å². The molecule has 0 aliphatic heterocycles. The number of hydrogen-bond donors (Lipinski definition) is 2. The zero-order valence-corrected chi connectivity index (χ0v) is 9.55. The number of anilines is 1. The van der Waals surface area contributed by atoms with Gasteiger partial charge in [0, 0.05) is 24.8 Å². The molecule has 1 amide bonds. The molecule has 0 unspecified atom stereocenters. The quantitative estimate of drug-likeness (QED) is 0.792. The number of nitrogens with one attached hydrogen (secondary N) is 2. The molecule has 0 heterocycles. The van der Waals surface area contributed by atoms with Gasteiger partial charge in [-0.2, -0.15) is 0 Å². The first-order chi connectivity index (χ1) is 7.19. The number of aryl methyl sites for hydroxylation is 1. The van der Waals surface area contributed by atoms with Crippen LogP contribution in [0, 0.1) is 6.92 Å². The summed E-state index contributed by atoms with van der Waals surface area (Å²) in [6.07, 6.45) is 1.09. The van der Waals surface area contributed by atoms with E-state index in [-0.39, 0.29) is 5.91 Å². The number of amides is 1. The maximum atomic E-state index is 11.4. The summed E-state index contributed by atoms with van der Waals surface area (Å²) in [4.78, 5) is 11.4. The molecule has 1 aromatic carbocycles. The lowest BCUT2D eigenvalue weighted by atomic mass is 10.1. The van der Waals surface area contributed by atoms with E-state index in [2.05, 4.69) is 17.6 Å². The number of benzene rings is 1. The van der Waals surface area contributed by atoms with Gasteiger partial charge in [0.2, 0.25) is 0 Å². The number of rotatable bonds is 4. The fourth-order valence-electron chi connectivity index (χ4n) is 1.43. The molecule has 0 bridgehead atoms. The molecule has 2 N–H and O–H groups in total. The summed E-state index contributed by atoms with van der Waals surface area (Å²) < 4.78 is 0. The van der Waals surface area contributed by atoms with E-state index < -0.39 is 0 Å². The van der Waals surface area contributed by atoms with E-state index in [4.69, 9.17) is 0 Å². The van der Waals surface area contributed by atoms with Crippen molar-refractivity contribution >= 4 is 11.6 Å². The summed E-state index contributed by atoms with van der Waals surface area (Å²) in [5, 5.41) is 5.91. The molecule has 1 aromatic rings. The lowest BCUT2D eigenvalue weighted by Gasteiger charge is -2.08. The Morgan fingerprint density at radius 2 is 2.13 bits per heavy atom. The lowest BCUT2D eigenvalue weighted by Crippen LogP contribution is -2.18. The highest BCUT2D eigenvalue weighted by Gasteiger charge is 2.06. The van der Waals surface area contributed by atoms with Crippen molar-refractivity contribution in [3.63, 3.8) is 0 Å². The maximum absolute atomic E-state index is 11.4. The van der Waals surface area contributed by atoms with Crippen LogP contribution in [0.2, 0.25) is 0 Å². The predicted octanol–water partition coefficient (Wildman–Crippen LogP) is 2.18. The molecule has 3 nitrogen and oxygen atoms in total. The Labute approximate surface area is 90.9 Å². The van der Waals surface area contributed by atoms with Crippen molar-refractivity contribution in [2.75, 3.05) is 18.9 Å². The van der Waals surface area contributed by atoms with Crippen molar-refractivity contribution in [1.29, 1.82) is 0 Å². The Kier molecular flexibility index (Phi) is 4.16. The van der Waals surface area contributed by atoms with Crippen LogP contribution < -0.4 is 10.6 Å². The van der Waals surface area contributed by atoms with Crippen LogP contribution >= 0.6 is 0 Å². The van der Waals surface area contributed by atoms with Crippen LogP contribution in [0.5, 0.6) is 0 Å². The van der Waals surface area contributed by atoms with Gasteiger partial charge >= 0.3 is 0 Å². The zero-order valence-electron chi connectivity index (χ0n) is 9.55. The molecule has 1 rings (SSSR count). The van der Waals surface area contributed by atoms with E-state index in [0.717, 1.165) is 29.8 Å². The van der Waals surface area contributed by atoms with Crippen LogP contribution in [0.25, 0.3) is 0 Å². The first-order valence-corrected chi connectivity index (χ1v) is 5.25. The summed E-state index contributed by atoms with van der Waals surface area (Å²) in [6, 6.07) is 5.79. The Morgan fingerprint density at radius 3 is 2.67 bits per heavy atom.